The second-order valence-electron chi connectivity index (χ2n) is 9.12. The van der Waals surface area contributed by atoms with Crippen molar-refractivity contribution < 1.29 is 28.6 Å². The van der Waals surface area contributed by atoms with Gasteiger partial charge in [-0.1, -0.05) is 30.3 Å². The zero-order valence-corrected chi connectivity index (χ0v) is 19.7. The van der Waals surface area contributed by atoms with E-state index < -0.39 is 29.8 Å². The molecule has 0 aliphatic carbocycles. The summed E-state index contributed by atoms with van der Waals surface area (Å²) in [6.45, 7) is 7.78. The van der Waals surface area contributed by atoms with Gasteiger partial charge >= 0.3 is 18.2 Å². The summed E-state index contributed by atoms with van der Waals surface area (Å²) >= 11 is 0. The highest BCUT2D eigenvalue weighted by Crippen LogP contribution is 2.25. The van der Waals surface area contributed by atoms with Crippen molar-refractivity contribution in [3.8, 4) is 6.07 Å². The first-order valence-corrected chi connectivity index (χ1v) is 11.1. The fraction of sp³-hybridized carbons (Fsp3) is 0.583. The van der Waals surface area contributed by atoms with E-state index in [-0.39, 0.29) is 18.6 Å². The number of nitrogens with zero attached hydrogens (tertiary/aromatic N) is 2. The van der Waals surface area contributed by atoms with E-state index in [0.717, 1.165) is 5.56 Å². The number of amides is 2. The van der Waals surface area contributed by atoms with Gasteiger partial charge in [0.2, 0.25) is 6.10 Å². The number of hydrogen-bond donors (Lipinski definition) is 1. The fourth-order valence-corrected chi connectivity index (χ4v) is 3.59. The van der Waals surface area contributed by atoms with Crippen molar-refractivity contribution in [3.63, 3.8) is 0 Å². The monoisotopic (exact) mass is 459 g/mol. The van der Waals surface area contributed by atoms with Gasteiger partial charge in [-0.2, -0.15) is 5.26 Å². The Morgan fingerprint density at radius 1 is 1.18 bits per heavy atom. The summed E-state index contributed by atoms with van der Waals surface area (Å²) in [5.74, 6) is -0.486. The van der Waals surface area contributed by atoms with Crippen LogP contribution >= 0.6 is 0 Å². The standard InChI is InChI=1S/C24H33N3O6/c1-17(28)32-21(15-25)20(26-22(29)31-16-19-8-6-5-7-9-19)14-18-10-12-27(13-11-18)23(30)33-24(2,3)4/h5-9,18,20-21H,10-14,16H2,1-4H3,(H,26,29). The lowest BCUT2D eigenvalue weighted by Crippen LogP contribution is -2.47. The van der Waals surface area contributed by atoms with E-state index in [4.69, 9.17) is 14.2 Å². The molecule has 1 N–H and O–H groups in total. The van der Waals surface area contributed by atoms with Crippen LogP contribution in [-0.2, 0) is 25.6 Å². The molecule has 0 spiro atoms. The Balaban J connectivity index is 1.95. The average molecular weight is 460 g/mol. The Morgan fingerprint density at radius 2 is 1.82 bits per heavy atom. The number of alkyl carbamates (subject to hydrolysis) is 1. The van der Waals surface area contributed by atoms with Crippen LogP contribution in [0.5, 0.6) is 0 Å². The van der Waals surface area contributed by atoms with Crippen molar-refractivity contribution in [2.45, 2.75) is 71.3 Å². The number of hydrogen-bond acceptors (Lipinski definition) is 7. The molecule has 2 atom stereocenters. The molecule has 2 rings (SSSR count). The minimum absolute atomic E-state index is 0.0818. The van der Waals surface area contributed by atoms with Gasteiger partial charge in [-0.25, -0.2) is 9.59 Å². The van der Waals surface area contributed by atoms with Gasteiger partial charge in [0.1, 0.15) is 18.3 Å². The third kappa shape index (κ3) is 9.39. The molecule has 1 aromatic carbocycles. The minimum atomic E-state index is -1.14. The van der Waals surface area contributed by atoms with Crippen molar-refractivity contribution in [2.24, 2.45) is 5.92 Å². The van der Waals surface area contributed by atoms with Crippen LogP contribution in [0.3, 0.4) is 0 Å². The van der Waals surface area contributed by atoms with E-state index in [1.54, 1.807) is 4.90 Å². The normalized spacial score (nSPS) is 16.2. The number of nitrogens with one attached hydrogen (secondary N) is 1. The van der Waals surface area contributed by atoms with Crippen LogP contribution in [0.4, 0.5) is 9.59 Å². The molecular weight excluding hydrogens is 426 g/mol. The van der Waals surface area contributed by atoms with Gasteiger partial charge in [-0.3, -0.25) is 4.79 Å². The lowest BCUT2D eigenvalue weighted by molar-refractivity contribution is -0.145. The van der Waals surface area contributed by atoms with E-state index in [2.05, 4.69) is 5.32 Å². The number of piperidine rings is 1. The highest BCUT2D eigenvalue weighted by atomic mass is 16.6. The van der Waals surface area contributed by atoms with E-state index in [0.29, 0.717) is 32.4 Å². The first kappa shape index (κ1) is 26.0. The van der Waals surface area contributed by atoms with Crippen LogP contribution in [-0.4, -0.2) is 53.9 Å². The Bertz CT molecular complexity index is 838. The molecule has 0 aromatic heterocycles. The topological polar surface area (TPSA) is 118 Å². The smallest absolute Gasteiger partial charge is 0.410 e. The second kappa shape index (κ2) is 12.1. The van der Waals surface area contributed by atoms with Crippen molar-refractivity contribution in [2.75, 3.05) is 13.1 Å². The third-order valence-electron chi connectivity index (χ3n) is 5.16. The summed E-state index contributed by atoms with van der Waals surface area (Å²) in [6.07, 6.45) is -0.426. The molecule has 0 radical (unpaired) electrons. The van der Waals surface area contributed by atoms with E-state index in [1.165, 1.54) is 6.92 Å². The number of rotatable bonds is 7. The maximum atomic E-state index is 12.4. The number of ether oxygens (including phenoxy) is 3. The number of nitriles is 1. The summed E-state index contributed by atoms with van der Waals surface area (Å²) in [6, 6.07) is 10.4. The summed E-state index contributed by atoms with van der Waals surface area (Å²) in [5.41, 5.74) is 0.267. The van der Waals surface area contributed by atoms with Gasteiger partial charge in [-0.05, 0) is 51.5 Å². The zero-order valence-electron chi connectivity index (χ0n) is 19.7. The van der Waals surface area contributed by atoms with Gasteiger partial charge in [0, 0.05) is 20.0 Å². The largest absolute Gasteiger partial charge is 0.445 e. The first-order chi connectivity index (χ1) is 15.6. The van der Waals surface area contributed by atoms with Crippen LogP contribution in [0.25, 0.3) is 0 Å². The van der Waals surface area contributed by atoms with E-state index >= 15 is 0 Å². The van der Waals surface area contributed by atoms with Gasteiger partial charge in [-0.15, -0.1) is 0 Å². The Kier molecular flexibility index (Phi) is 9.52. The van der Waals surface area contributed by atoms with Crippen molar-refractivity contribution in [1.29, 1.82) is 5.26 Å². The molecule has 1 aliphatic rings. The number of carbonyl (C=O) groups is 3. The van der Waals surface area contributed by atoms with Gasteiger partial charge < -0.3 is 24.4 Å². The highest BCUT2D eigenvalue weighted by molar-refractivity contribution is 5.69. The van der Waals surface area contributed by atoms with Crippen molar-refractivity contribution >= 4 is 18.2 Å². The Hall–Kier alpha value is -3.28. The van der Waals surface area contributed by atoms with Crippen molar-refractivity contribution in [3.05, 3.63) is 35.9 Å². The molecule has 1 fully saturated rings. The molecule has 180 valence electrons. The third-order valence-corrected chi connectivity index (χ3v) is 5.16. The molecule has 33 heavy (non-hydrogen) atoms. The maximum absolute atomic E-state index is 12.4. The SMILES string of the molecule is CC(=O)OC(C#N)C(CC1CCN(C(=O)OC(C)(C)C)CC1)NC(=O)OCc1ccccc1. The summed E-state index contributed by atoms with van der Waals surface area (Å²) in [7, 11) is 0. The van der Waals surface area contributed by atoms with Gasteiger partial charge in [0.25, 0.3) is 0 Å². The van der Waals surface area contributed by atoms with Gasteiger partial charge in [0.15, 0.2) is 0 Å². The zero-order chi connectivity index (χ0) is 24.4. The Labute approximate surface area is 195 Å². The lowest BCUT2D eigenvalue weighted by atomic mass is 9.88. The molecular formula is C24H33N3O6. The minimum Gasteiger partial charge on any atom is -0.445 e. The highest BCUT2D eigenvalue weighted by Gasteiger charge is 2.32. The molecule has 1 aliphatic heterocycles. The molecule has 0 bridgehead atoms. The molecule has 0 saturated carbocycles. The number of esters is 1. The lowest BCUT2D eigenvalue weighted by Gasteiger charge is -2.35. The van der Waals surface area contributed by atoms with Crippen LogP contribution in [0.15, 0.2) is 30.3 Å². The maximum Gasteiger partial charge on any atom is 0.410 e. The number of benzene rings is 1. The predicted molar refractivity (Wildman–Crippen MR) is 120 cm³/mol. The summed E-state index contributed by atoms with van der Waals surface area (Å²) < 4.78 is 15.8. The molecule has 9 heteroatoms. The van der Waals surface area contributed by atoms with Crippen LogP contribution < -0.4 is 5.32 Å². The first-order valence-electron chi connectivity index (χ1n) is 11.1. The fourth-order valence-electron chi connectivity index (χ4n) is 3.59. The molecule has 2 amide bonds. The van der Waals surface area contributed by atoms with Crippen LogP contribution in [0.2, 0.25) is 0 Å². The predicted octanol–water partition coefficient (Wildman–Crippen LogP) is 3.77. The Morgan fingerprint density at radius 3 is 2.36 bits per heavy atom. The molecule has 9 nitrogen and oxygen atoms in total. The number of carbonyl (C=O) groups excluding carboxylic acids is 3. The summed E-state index contributed by atoms with van der Waals surface area (Å²) in [5, 5.41) is 12.2. The van der Waals surface area contributed by atoms with E-state index in [1.807, 2.05) is 57.2 Å². The molecule has 2 unspecified atom stereocenters. The number of likely N-dealkylation sites (tertiary alicyclic amines) is 1. The summed E-state index contributed by atoms with van der Waals surface area (Å²) in [4.78, 5) is 37.8. The molecule has 1 saturated heterocycles. The molecule has 1 heterocycles. The van der Waals surface area contributed by atoms with Crippen LogP contribution in [0.1, 0.15) is 52.5 Å². The van der Waals surface area contributed by atoms with E-state index in [9.17, 15) is 19.6 Å². The quantitative estimate of drug-likeness (QED) is 0.487. The van der Waals surface area contributed by atoms with Crippen molar-refractivity contribution in [1.82, 2.24) is 10.2 Å². The molecule has 1 aromatic rings. The second-order valence-corrected chi connectivity index (χ2v) is 9.12. The van der Waals surface area contributed by atoms with Gasteiger partial charge in [0.05, 0.1) is 6.04 Å². The average Bonchev–Trinajstić information content (AvgIpc) is 2.75. The van der Waals surface area contributed by atoms with Crippen LogP contribution in [0, 0.1) is 17.2 Å².